The highest BCUT2D eigenvalue weighted by Crippen LogP contribution is 2.44. The molecule has 1 saturated carbocycles. The monoisotopic (exact) mass is 188 g/mol. The lowest BCUT2D eigenvalue weighted by atomic mass is 9.80. The van der Waals surface area contributed by atoms with Crippen molar-refractivity contribution in [3.05, 3.63) is 0 Å². The summed E-state index contributed by atoms with van der Waals surface area (Å²) in [5.41, 5.74) is -0.157. The van der Waals surface area contributed by atoms with Crippen LogP contribution in [0.25, 0.3) is 0 Å². The van der Waals surface area contributed by atoms with E-state index in [2.05, 4.69) is 13.8 Å². The van der Waals surface area contributed by atoms with Crippen molar-refractivity contribution in [2.75, 3.05) is 0 Å². The minimum atomic E-state index is -0.157. The van der Waals surface area contributed by atoms with Gasteiger partial charge in [0.05, 0.1) is 0 Å². The summed E-state index contributed by atoms with van der Waals surface area (Å²) in [4.78, 5) is 11.3. The molecule has 0 aromatic carbocycles. The van der Waals surface area contributed by atoms with E-state index in [0.29, 0.717) is 5.92 Å². The SMILES string of the molecule is CC(C)CC1(C(=O)Cl)CCCC1. The number of carbonyl (C=O) groups excluding carboxylic acids is 1. The van der Waals surface area contributed by atoms with Gasteiger partial charge in [0, 0.05) is 5.41 Å². The van der Waals surface area contributed by atoms with Crippen molar-refractivity contribution in [2.45, 2.75) is 46.0 Å². The first-order valence-electron chi connectivity index (χ1n) is 4.77. The fraction of sp³-hybridized carbons (Fsp3) is 0.900. The predicted octanol–water partition coefficient (Wildman–Crippen LogP) is 3.36. The van der Waals surface area contributed by atoms with E-state index in [4.69, 9.17) is 11.6 Å². The minimum absolute atomic E-state index is 0.103. The molecule has 1 aliphatic rings. The summed E-state index contributed by atoms with van der Waals surface area (Å²) >= 11 is 5.65. The van der Waals surface area contributed by atoms with Gasteiger partial charge in [0.1, 0.15) is 0 Å². The van der Waals surface area contributed by atoms with Crippen LogP contribution in [-0.2, 0) is 4.79 Å². The maximum Gasteiger partial charge on any atom is 0.227 e. The Labute approximate surface area is 79.5 Å². The molecule has 12 heavy (non-hydrogen) atoms. The minimum Gasteiger partial charge on any atom is -0.281 e. The summed E-state index contributed by atoms with van der Waals surface area (Å²) in [6, 6.07) is 0. The summed E-state index contributed by atoms with van der Waals surface area (Å²) in [6.07, 6.45) is 5.33. The van der Waals surface area contributed by atoms with Crippen molar-refractivity contribution in [3.63, 3.8) is 0 Å². The molecule has 0 radical (unpaired) electrons. The van der Waals surface area contributed by atoms with E-state index < -0.39 is 0 Å². The Morgan fingerprint density at radius 3 is 2.25 bits per heavy atom. The van der Waals surface area contributed by atoms with Gasteiger partial charge >= 0.3 is 0 Å². The van der Waals surface area contributed by atoms with Crippen LogP contribution in [0.5, 0.6) is 0 Å². The lowest BCUT2D eigenvalue weighted by molar-refractivity contribution is -0.121. The fourth-order valence-electron chi connectivity index (χ4n) is 2.31. The molecule has 2 heteroatoms. The van der Waals surface area contributed by atoms with Crippen molar-refractivity contribution in [3.8, 4) is 0 Å². The highest BCUT2D eigenvalue weighted by atomic mass is 35.5. The molecule has 0 spiro atoms. The Morgan fingerprint density at radius 2 is 1.92 bits per heavy atom. The van der Waals surface area contributed by atoms with Gasteiger partial charge in [0.2, 0.25) is 5.24 Å². The molecule has 1 fully saturated rings. The molecule has 0 aliphatic heterocycles. The highest BCUT2D eigenvalue weighted by Gasteiger charge is 2.40. The van der Waals surface area contributed by atoms with Gasteiger partial charge < -0.3 is 0 Å². The zero-order chi connectivity index (χ0) is 9.19. The van der Waals surface area contributed by atoms with Crippen LogP contribution in [-0.4, -0.2) is 5.24 Å². The van der Waals surface area contributed by atoms with Gasteiger partial charge in [0.15, 0.2) is 0 Å². The summed E-state index contributed by atoms with van der Waals surface area (Å²) in [6.45, 7) is 4.31. The molecular formula is C10H17ClO. The van der Waals surface area contributed by atoms with Crippen LogP contribution in [0.15, 0.2) is 0 Å². The van der Waals surface area contributed by atoms with E-state index in [1.54, 1.807) is 0 Å². The topological polar surface area (TPSA) is 17.1 Å². The van der Waals surface area contributed by atoms with Crippen LogP contribution in [0.2, 0.25) is 0 Å². The Bertz CT molecular complexity index is 169. The van der Waals surface area contributed by atoms with Crippen LogP contribution in [0.3, 0.4) is 0 Å². The predicted molar refractivity (Wildman–Crippen MR) is 51.2 cm³/mol. The summed E-state index contributed by atoms with van der Waals surface area (Å²) in [5.74, 6) is 0.575. The Kier molecular flexibility index (Phi) is 3.16. The number of hydrogen-bond donors (Lipinski definition) is 0. The van der Waals surface area contributed by atoms with Crippen LogP contribution < -0.4 is 0 Å². The third-order valence-electron chi connectivity index (χ3n) is 2.78. The van der Waals surface area contributed by atoms with Crippen LogP contribution in [0.4, 0.5) is 0 Å². The number of carbonyl (C=O) groups is 1. The van der Waals surface area contributed by atoms with Crippen molar-refractivity contribution in [1.29, 1.82) is 0 Å². The molecule has 0 atom stereocenters. The van der Waals surface area contributed by atoms with Crippen LogP contribution in [0, 0.1) is 11.3 Å². The van der Waals surface area contributed by atoms with Crippen molar-refractivity contribution in [1.82, 2.24) is 0 Å². The quantitative estimate of drug-likeness (QED) is 0.621. The molecule has 1 nitrogen and oxygen atoms in total. The zero-order valence-electron chi connectivity index (χ0n) is 7.90. The van der Waals surface area contributed by atoms with Gasteiger partial charge in [0.25, 0.3) is 0 Å². The maximum absolute atomic E-state index is 11.3. The number of hydrogen-bond acceptors (Lipinski definition) is 1. The molecule has 0 aromatic heterocycles. The normalized spacial score (nSPS) is 21.7. The molecule has 0 bridgehead atoms. The maximum atomic E-state index is 11.3. The lowest BCUT2D eigenvalue weighted by Gasteiger charge is -2.26. The highest BCUT2D eigenvalue weighted by molar-refractivity contribution is 6.64. The summed E-state index contributed by atoms with van der Waals surface area (Å²) < 4.78 is 0. The van der Waals surface area contributed by atoms with Gasteiger partial charge in [-0.25, -0.2) is 0 Å². The smallest absolute Gasteiger partial charge is 0.227 e. The Morgan fingerprint density at radius 1 is 1.42 bits per heavy atom. The molecule has 0 N–H and O–H groups in total. The van der Waals surface area contributed by atoms with E-state index in [9.17, 15) is 4.79 Å². The number of rotatable bonds is 3. The first kappa shape index (κ1) is 10.0. The van der Waals surface area contributed by atoms with Crippen molar-refractivity contribution in [2.24, 2.45) is 11.3 Å². The molecule has 1 rings (SSSR count). The Balaban J connectivity index is 2.65. The molecule has 70 valence electrons. The lowest BCUT2D eigenvalue weighted by Crippen LogP contribution is -2.25. The van der Waals surface area contributed by atoms with Crippen molar-refractivity contribution < 1.29 is 4.79 Å². The second kappa shape index (κ2) is 3.78. The standard InChI is InChI=1S/C10H17ClO/c1-8(2)7-10(9(11)12)5-3-4-6-10/h8H,3-7H2,1-2H3. The molecule has 0 saturated heterocycles. The third-order valence-corrected chi connectivity index (χ3v) is 3.18. The van der Waals surface area contributed by atoms with Gasteiger partial charge in [-0.05, 0) is 36.8 Å². The fourth-order valence-corrected chi connectivity index (χ4v) is 2.58. The number of halogens is 1. The molecule has 0 aromatic rings. The van der Waals surface area contributed by atoms with Gasteiger partial charge in [-0.1, -0.05) is 26.7 Å². The summed E-state index contributed by atoms with van der Waals surface area (Å²) in [7, 11) is 0. The molecule has 0 unspecified atom stereocenters. The van der Waals surface area contributed by atoms with E-state index in [0.717, 1.165) is 19.3 Å². The molecule has 0 heterocycles. The second-order valence-corrected chi connectivity index (χ2v) is 4.70. The molecule has 0 amide bonds. The van der Waals surface area contributed by atoms with Crippen LogP contribution in [0.1, 0.15) is 46.0 Å². The van der Waals surface area contributed by atoms with E-state index in [1.165, 1.54) is 12.8 Å². The van der Waals surface area contributed by atoms with Crippen LogP contribution >= 0.6 is 11.6 Å². The zero-order valence-corrected chi connectivity index (χ0v) is 8.66. The van der Waals surface area contributed by atoms with Gasteiger partial charge in [-0.3, -0.25) is 4.79 Å². The first-order valence-corrected chi connectivity index (χ1v) is 5.14. The Hall–Kier alpha value is -0.0400. The van der Waals surface area contributed by atoms with E-state index >= 15 is 0 Å². The largest absolute Gasteiger partial charge is 0.281 e. The average molecular weight is 189 g/mol. The second-order valence-electron chi connectivity index (χ2n) is 4.36. The van der Waals surface area contributed by atoms with E-state index in [-0.39, 0.29) is 10.7 Å². The van der Waals surface area contributed by atoms with Gasteiger partial charge in [-0.15, -0.1) is 0 Å². The van der Waals surface area contributed by atoms with Crippen molar-refractivity contribution >= 4 is 16.8 Å². The first-order chi connectivity index (χ1) is 5.57. The van der Waals surface area contributed by atoms with E-state index in [1.807, 2.05) is 0 Å². The molecular weight excluding hydrogens is 172 g/mol. The molecule has 1 aliphatic carbocycles. The third kappa shape index (κ3) is 2.01. The summed E-state index contributed by atoms with van der Waals surface area (Å²) in [5, 5.41) is -0.103. The van der Waals surface area contributed by atoms with Gasteiger partial charge in [-0.2, -0.15) is 0 Å². The average Bonchev–Trinajstić information content (AvgIpc) is 2.35.